The van der Waals surface area contributed by atoms with Crippen molar-refractivity contribution in [2.24, 2.45) is 0 Å². The third-order valence-corrected chi connectivity index (χ3v) is 3.41. The van der Waals surface area contributed by atoms with Crippen molar-refractivity contribution in [3.8, 4) is 0 Å². The minimum atomic E-state index is -0.713. The highest BCUT2D eigenvalue weighted by Gasteiger charge is 2.09. The van der Waals surface area contributed by atoms with Crippen LogP contribution in [0.2, 0.25) is 0 Å². The van der Waals surface area contributed by atoms with Gasteiger partial charge in [0.05, 0.1) is 6.42 Å². The van der Waals surface area contributed by atoms with Gasteiger partial charge in [0.15, 0.2) is 0 Å². The van der Waals surface area contributed by atoms with Crippen molar-refractivity contribution >= 4 is 27.5 Å². The highest BCUT2D eigenvalue weighted by atomic mass is 79.9. The number of carbonyl (C=O) groups is 1. The minimum absolute atomic E-state index is 0.133. The molecule has 2 aromatic rings. The van der Waals surface area contributed by atoms with E-state index in [9.17, 15) is 13.6 Å². The van der Waals surface area contributed by atoms with Gasteiger partial charge >= 0.3 is 0 Å². The van der Waals surface area contributed by atoms with Crippen LogP contribution in [0.1, 0.15) is 11.1 Å². The third kappa shape index (κ3) is 3.87. The Hall–Kier alpha value is -1.75. The molecule has 0 saturated carbocycles. The second kappa shape index (κ2) is 6.61. The van der Waals surface area contributed by atoms with E-state index in [1.165, 1.54) is 6.07 Å². The Labute approximate surface area is 123 Å². The molecule has 0 atom stereocenters. The lowest BCUT2D eigenvalue weighted by Crippen LogP contribution is -2.15. The van der Waals surface area contributed by atoms with Crippen LogP contribution in [0.3, 0.4) is 0 Å². The molecule has 0 aliphatic rings. The highest BCUT2D eigenvalue weighted by molar-refractivity contribution is 9.08. The lowest BCUT2D eigenvalue weighted by Gasteiger charge is -2.07. The van der Waals surface area contributed by atoms with Gasteiger partial charge in [-0.1, -0.05) is 34.1 Å². The predicted octanol–water partition coefficient (Wildman–Crippen LogP) is 4.04. The van der Waals surface area contributed by atoms with E-state index in [-0.39, 0.29) is 17.9 Å². The molecule has 2 nitrogen and oxygen atoms in total. The molecule has 1 amide bonds. The molecule has 0 saturated heterocycles. The summed E-state index contributed by atoms with van der Waals surface area (Å²) in [4.78, 5) is 11.8. The van der Waals surface area contributed by atoms with E-state index in [2.05, 4.69) is 21.2 Å². The summed E-state index contributed by atoms with van der Waals surface area (Å²) < 4.78 is 26.2. The first-order chi connectivity index (χ1) is 9.58. The first-order valence-electron chi connectivity index (χ1n) is 5.97. The van der Waals surface area contributed by atoms with Crippen molar-refractivity contribution in [1.82, 2.24) is 0 Å². The molecule has 0 aromatic heterocycles. The van der Waals surface area contributed by atoms with Gasteiger partial charge in [0.2, 0.25) is 5.91 Å². The Balaban J connectivity index is 2.01. The Bertz CT molecular complexity index is 614. The van der Waals surface area contributed by atoms with Crippen LogP contribution in [0.5, 0.6) is 0 Å². The smallest absolute Gasteiger partial charge is 0.228 e. The SMILES string of the molecule is O=C(Cc1ccc(F)cc1F)Nc1ccc(CBr)cc1. The van der Waals surface area contributed by atoms with Gasteiger partial charge in [0.25, 0.3) is 0 Å². The molecule has 2 aromatic carbocycles. The topological polar surface area (TPSA) is 29.1 Å². The number of amides is 1. The number of hydrogen-bond acceptors (Lipinski definition) is 1. The van der Waals surface area contributed by atoms with Crippen LogP contribution in [-0.2, 0) is 16.5 Å². The molecule has 0 spiro atoms. The van der Waals surface area contributed by atoms with Crippen LogP contribution in [0.25, 0.3) is 0 Å². The Morgan fingerprint density at radius 2 is 1.80 bits per heavy atom. The summed E-state index contributed by atoms with van der Waals surface area (Å²) >= 11 is 3.33. The van der Waals surface area contributed by atoms with Crippen LogP contribution >= 0.6 is 15.9 Å². The van der Waals surface area contributed by atoms with Gasteiger partial charge in [-0.25, -0.2) is 8.78 Å². The van der Waals surface area contributed by atoms with Crippen LogP contribution < -0.4 is 5.32 Å². The molecular weight excluding hydrogens is 328 g/mol. The Morgan fingerprint density at radius 1 is 1.10 bits per heavy atom. The van der Waals surface area contributed by atoms with E-state index in [1.807, 2.05) is 12.1 Å². The number of benzene rings is 2. The maximum Gasteiger partial charge on any atom is 0.228 e. The van der Waals surface area contributed by atoms with Gasteiger partial charge in [-0.05, 0) is 29.3 Å². The first kappa shape index (κ1) is 14.7. The molecule has 104 valence electrons. The zero-order valence-electron chi connectivity index (χ0n) is 10.5. The van der Waals surface area contributed by atoms with E-state index in [1.54, 1.807) is 12.1 Å². The number of rotatable bonds is 4. The summed E-state index contributed by atoms with van der Waals surface area (Å²) in [6, 6.07) is 10.5. The molecule has 1 N–H and O–H groups in total. The summed E-state index contributed by atoms with van der Waals surface area (Å²) in [5.41, 5.74) is 1.90. The van der Waals surface area contributed by atoms with Crippen molar-refractivity contribution in [3.05, 3.63) is 65.2 Å². The molecule has 0 fully saturated rings. The molecule has 0 heterocycles. The molecule has 0 bridgehead atoms. The van der Waals surface area contributed by atoms with E-state index >= 15 is 0 Å². The lowest BCUT2D eigenvalue weighted by atomic mass is 10.1. The normalized spacial score (nSPS) is 10.3. The van der Waals surface area contributed by atoms with E-state index < -0.39 is 11.6 Å². The Kier molecular flexibility index (Phi) is 4.84. The third-order valence-electron chi connectivity index (χ3n) is 2.76. The van der Waals surface area contributed by atoms with Crippen LogP contribution in [0.15, 0.2) is 42.5 Å². The zero-order valence-corrected chi connectivity index (χ0v) is 12.1. The van der Waals surface area contributed by atoms with Gasteiger partial charge in [-0.3, -0.25) is 4.79 Å². The average Bonchev–Trinajstić information content (AvgIpc) is 2.43. The molecular formula is C15H12BrF2NO. The van der Waals surface area contributed by atoms with Crippen molar-refractivity contribution in [2.75, 3.05) is 5.32 Å². The summed E-state index contributed by atoms with van der Waals surface area (Å²) in [5, 5.41) is 3.41. The molecule has 2 rings (SSSR count). The molecule has 5 heteroatoms. The second-order valence-electron chi connectivity index (χ2n) is 4.29. The van der Waals surface area contributed by atoms with Gasteiger partial charge in [0.1, 0.15) is 11.6 Å². The number of hydrogen-bond donors (Lipinski definition) is 1. The fourth-order valence-electron chi connectivity index (χ4n) is 1.72. The number of halogens is 3. The van der Waals surface area contributed by atoms with Crippen molar-refractivity contribution in [2.45, 2.75) is 11.8 Å². The van der Waals surface area contributed by atoms with Gasteiger partial charge in [-0.2, -0.15) is 0 Å². The van der Waals surface area contributed by atoms with Crippen molar-refractivity contribution in [1.29, 1.82) is 0 Å². The monoisotopic (exact) mass is 339 g/mol. The fourth-order valence-corrected chi connectivity index (χ4v) is 2.09. The molecule has 0 unspecified atom stereocenters. The number of nitrogens with one attached hydrogen (secondary N) is 1. The standard InChI is InChI=1S/C15H12BrF2NO/c16-9-10-1-5-13(6-2-10)19-15(20)7-11-3-4-12(17)8-14(11)18/h1-6,8H,7,9H2,(H,19,20). The van der Waals surface area contributed by atoms with Gasteiger partial charge in [-0.15, -0.1) is 0 Å². The largest absolute Gasteiger partial charge is 0.326 e. The summed E-state index contributed by atoms with van der Waals surface area (Å²) in [7, 11) is 0. The zero-order chi connectivity index (χ0) is 14.5. The van der Waals surface area contributed by atoms with Gasteiger partial charge in [0, 0.05) is 17.1 Å². The fraction of sp³-hybridized carbons (Fsp3) is 0.133. The van der Waals surface area contributed by atoms with Crippen molar-refractivity contribution in [3.63, 3.8) is 0 Å². The van der Waals surface area contributed by atoms with E-state index in [0.29, 0.717) is 5.69 Å². The van der Waals surface area contributed by atoms with Crippen LogP contribution in [-0.4, -0.2) is 5.91 Å². The van der Waals surface area contributed by atoms with Crippen LogP contribution in [0, 0.1) is 11.6 Å². The predicted molar refractivity (Wildman–Crippen MR) is 77.8 cm³/mol. The maximum atomic E-state index is 13.4. The van der Waals surface area contributed by atoms with Crippen LogP contribution in [0.4, 0.5) is 14.5 Å². The molecule has 0 aliphatic carbocycles. The molecule has 20 heavy (non-hydrogen) atoms. The van der Waals surface area contributed by atoms with Gasteiger partial charge < -0.3 is 5.32 Å². The summed E-state index contributed by atoms with van der Waals surface area (Å²) in [6.45, 7) is 0. The highest BCUT2D eigenvalue weighted by Crippen LogP contribution is 2.14. The first-order valence-corrected chi connectivity index (χ1v) is 7.09. The van der Waals surface area contributed by atoms with Crippen molar-refractivity contribution < 1.29 is 13.6 Å². The minimum Gasteiger partial charge on any atom is -0.326 e. The van der Waals surface area contributed by atoms with E-state index in [0.717, 1.165) is 23.0 Å². The maximum absolute atomic E-state index is 13.4. The number of alkyl halides is 1. The number of carbonyl (C=O) groups excluding carboxylic acids is 1. The number of anilines is 1. The average molecular weight is 340 g/mol. The molecule has 0 aliphatic heterocycles. The second-order valence-corrected chi connectivity index (χ2v) is 4.85. The molecule has 0 radical (unpaired) electrons. The Morgan fingerprint density at radius 3 is 2.40 bits per heavy atom. The summed E-state index contributed by atoms with van der Waals surface area (Å²) in [6.07, 6.45) is -0.133. The lowest BCUT2D eigenvalue weighted by molar-refractivity contribution is -0.115. The van der Waals surface area contributed by atoms with E-state index in [4.69, 9.17) is 0 Å². The summed E-state index contributed by atoms with van der Waals surface area (Å²) in [5.74, 6) is -1.71. The quantitative estimate of drug-likeness (QED) is 0.837.